The molecule has 1 fully saturated rings. The third kappa shape index (κ3) is 6.18. The van der Waals surface area contributed by atoms with Crippen molar-refractivity contribution in [2.75, 3.05) is 11.9 Å². The van der Waals surface area contributed by atoms with E-state index in [4.69, 9.17) is 16.3 Å². The van der Waals surface area contributed by atoms with Crippen LogP contribution < -0.4 is 10.0 Å². The number of amides is 1. The summed E-state index contributed by atoms with van der Waals surface area (Å²) < 4.78 is 71.0. The molecular weight excluding hydrogens is 461 g/mol. The second-order valence-corrected chi connectivity index (χ2v) is 8.89. The highest BCUT2D eigenvalue weighted by atomic mass is 35.5. The summed E-state index contributed by atoms with van der Waals surface area (Å²) in [4.78, 5) is 24.0. The molecule has 1 amide bonds. The van der Waals surface area contributed by atoms with Crippen molar-refractivity contribution < 1.29 is 35.9 Å². The molecule has 1 aliphatic carbocycles. The van der Waals surface area contributed by atoms with Gasteiger partial charge in [-0.25, -0.2) is 17.9 Å². The Bertz CT molecular complexity index is 1120. The first-order valence-electron chi connectivity index (χ1n) is 8.92. The van der Waals surface area contributed by atoms with Crippen LogP contribution >= 0.6 is 11.6 Å². The van der Waals surface area contributed by atoms with Gasteiger partial charge in [0.25, 0.3) is 5.91 Å². The Kier molecular flexibility index (Phi) is 6.58. The molecule has 31 heavy (non-hydrogen) atoms. The zero-order valence-corrected chi connectivity index (χ0v) is 17.3. The van der Waals surface area contributed by atoms with E-state index in [1.54, 1.807) is 0 Å². The highest BCUT2D eigenvalue weighted by Gasteiger charge is 2.34. The topological polar surface area (TPSA) is 102 Å². The fourth-order valence-corrected chi connectivity index (χ4v) is 4.06. The number of carbonyl (C=O) groups is 2. The van der Waals surface area contributed by atoms with Crippen molar-refractivity contribution in [3.05, 3.63) is 58.6 Å². The van der Waals surface area contributed by atoms with Gasteiger partial charge in [-0.05, 0) is 49.2 Å². The first kappa shape index (κ1) is 23.0. The molecule has 0 atom stereocenters. The minimum atomic E-state index is -4.76. The number of rotatable bonds is 7. The van der Waals surface area contributed by atoms with Crippen LogP contribution in [0.4, 0.5) is 18.9 Å². The van der Waals surface area contributed by atoms with Crippen molar-refractivity contribution >= 4 is 39.2 Å². The summed E-state index contributed by atoms with van der Waals surface area (Å²) in [6.45, 7) is -0.879. The van der Waals surface area contributed by atoms with Crippen molar-refractivity contribution in [1.82, 2.24) is 4.72 Å². The molecule has 0 aliphatic heterocycles. The largest absolute Gasteiger partial charge is 0.452 e. The number of anilines is 1. The van der Waals surface area contributed by atoms with Crippen LogP contribution in [0.15, 0.2) is 47.4 Å². The summed E-state index contributed by atoms with van der Waals surface area (Å²) >= 11 is 5.58. The fraction of sp³-hybridized carbons (Fsp3) is 0.263. The van der Waals surface area contributed by atoms with Gasteiger partial charge in [0, 0.05) is 11.1 Å². The molecule has 166 valence electrons. The number of carbonyl (C=O) groups excluding carboxylic acids is 2. The van der Waals surface area contributed by atoms with E-state index in [9.17, 15) is 31.2 Å². The molecule has 0 spiro atoms. The van der Waals surface area contributed by atoms with E-state index in [1.807, 2.05) is 5.32 Å². The Hall–Kier alpha value is -2.63. The lowest BCUT2D eigenvalue weighted by Crippen LogP contribution is -2.26. The molecule has 2 N–H and O–H groups in total. The Labute approximate surface area is 180 Å². The van der Waals surface area contributed by atoms with E-state index in [1.165, 1.54) is 24.3 Å². The quantitative estimate of drug-likeness (QED) is 0.595. The number of benzene rings is 2. The molecule has 0 heterocycles. The van der Waals surface area contributed by atoms with Crippen molar-refractivity contribution in [3.63, 3.8) is 0 Å². The number of halogens is 4. The van der Waals surface area contributed by atoms with Crippen LogP contribution in [0.3, 0.4) is 0 Å². The maximum atomic E-state index is 13.1. The number of nitrogens with one attached hydrogen (secondary N) is 2. The average molecular weight is 477 g/mol. The van der Waals surface area contributed by atoms with Crippen LogP contribution in [-0.4, -0.2) is 32.9 Å². The van der Waals surface area contributed by atoms with Crippen LogP contribution in [-0.2, 0) is 25.7 Å². The van der Waals surface area contributed by atoms with Gasteiger partial charge in [-0.2, -0.15) is 13.2 Å². The van der Waals surface area contributed by atoms with Crippen molar-refractivity contribution in [2.45, 2.75) is 30.0 Å². The lowest BCUT2D eigenvalue weighted by Gasteiger charge is -2.14. The monoisotopic (exact) mass is 476 g/mol. The molecule has 0 unspecified atom stereocenters. The molecule has 1 aliphatic rings. The summed E-state index contributed by atoms with van der Waals surface area (Å²) in [5, 5.41) is 1.85. The molecule has 0 bridgehead atoms. The van der Waals surface area contributed by atoms with E-state index in [0.29, 0.717) is 6.07 Å². The smallest absolute Gasteiger partial charge is 0.418 e. The minimum Gasteiger partial charge on any atom is -0.452 e. The number of hydrogen-bond acceptors (Lipinski definition) is 5. The number of hydrogen-bond donors (Lipinski definition) is 2. The summed E-state index contributed by atoms with van der Waals surface area (Å²) in [6, 6.07) is 7.69. The van der Waals surface area contributed by atoms with Crippen molar-refractivity contribution in [2.24, 2.45) is 0 Å². The standard InChI is InChI=1S/C19H16ClF3N2O5S/c20-12-4-7-16(15(9-12)19(21,22)23)24-17(26)10-30-18(27)11-2-1-3-14(8-11)31(28,29)25-13-5-6-13/h1-4,7-9,13,25H,5-6,10H2,(H,24,26). The Morgan fingerprint density at radius 2 is 1.84 bits per heavy atom. The lowest BCUT2D eigenvalue weighted by atomic mass is 10.1. The maximum absolute atomic E-state index is 13.1. The fourth-order valence-electron chi connectivity index (χ4n) is 2.54. The number of sulfonamides is 1. The van der Waals surface area contributed by atoms with Gasteiger partial charge >= 0.3 is 12.1 Å². The molecule has 7 nitrogen and oxygen atoms in total. The van der Waals surface area contributed by atoms with Gasteiger partial charge in [0.1, 0.15) is 0 Å². The third-order valence-electron chi connectivity index (χ3n) is 4.17. The van der Waals surface area contributed by atoms with Gasteiger partial charge in [-0.15, -0.1) is 0 Å². The molecular formula is C19H16ClF3N2O5S. The van der Waals surface area contributed by atoms with Crippen LogP contribution in [0.2, 0.25) is 5.02 Å². The van der Waals surface area contributed by atoms with Gasteiger partial charge in [-0.3, -0.25) is 4.79 Å². The third-order valence-corrected chi connectivity index (χ3v) is 5.93. The van der Waals surface area contributed by atoms with E-state index in [-0.39, 0.29) is 21.5 Å². The summed E-state index contributed by atoms with van der Waals surface area (Å²) in [6.07, 6.45) is -3.29. The summed E-state index contributed by atoms with van der Waals surface area (Å²) in [7, 11) is -3.80. The molecule has 3 rings (SSSR count). The van der Waals surface area contributed by atoms with Crippen molar-refractivity contribution in [1.29, 1.82) is 0 Å². The average Bonchev–Trinajstić information content (AvgIpc) is 3.50. The van der Waals surface area contributed by atoms with Gasteiger partial charge < -0.3 is 10.1 Å². The van der Waals surface area contributed by atoms with Crippen LogP contribution in [0.25, 0.3) is 0 Å². The Balaban J connectivity index is 1.64. The zero-order chi connectivity index (χ0) is 22.8. The van der Waals surface area contributed by atoms with Crippen LogP contribution in [0.1, 0.15) is 28.8 Å². The van der Waals surface area contributed by atoms with Crippen LogP contribution in [0, 0.1) is 0 Å². The second-order valence-electron chi connectivity index (χ2n) is 6.74. The number of esters is 1. The van der Waals surface area contributed by atoms with E-state index < -0.39 is 45.9 Å². The number of ether oxygens (including phenoxy) is 1. The first-order chi connectivity index (χ1) is 14.5. The molecule has 1 saturated carbocycles. The van der Waals surface area contributed by atoms with E-state index in [2.05, 4.69) is 4.72 Å². The van der Waals surface area contributed by atoms with Gasteiger partial charge in [0.05, 0.1) is 21.7 Å². The zero-order valence-electron chi connectivity index (χ0n) is 15.7. The van der Waals surface area contributed by atoms with Crippen LogP contribution in [0.5, 0.6) is 0 Å². The molecule has 0 radical (unpaired) electrons. The molecule has 0 aromatic heterocycles. The summed E-state index contributed by atoms with van der Waals surface area (Å²) in [5.41, 5.74) is -1.83. The molecule has 12 heteroatoms. The first-order valence-corrected chi connectivity index (χ1v) is 10.8. The van der Waals surface area contributed by atoms with Crippen molar-refractivity contribution in [3.8, 4) is 0 Å². The SMILES string of the molecule is O=C(COC(=O)c1cccc(S(=O)(=O)NC2CC2)c1)Nc1ccc(Cl)cc1C(F)(F)F. The Morgan fingerprint density at radius 3 is 2.48 bits per heavy atom. The lowest BCUT2D eigenvalue weighted by molar-refractivity contribution is -0.137. The predicted molar refractivity (Wildman–Crippen MR) is 105 cm³/mol. The minimum absolute atomic E-state index is 0.126. The normalized spacial score (nSPS) is 14.2. The van der Waals surface area contributed by atoms with Gasteiger partial charge in [0.15, 0.2) is 6.61 Å². The predicted octanol–water partition coefficient (Wildman–Crippen LogP) is 3.60. The summed E-state index contributed by atoms with van der Waals surface area (Å²) in [5.74, 6) is -2.02. The van der Waals surface area contributed by atoms with E-state index in [0.717, 1.165) is 25.0 Å². The van der Waals surface area contributed by atoms with Gasteiger partial charge in [0.2, 0.25) is 10.0 Å². The highest BCUT2D eigenvalue weighted by molar-refractivity contribution is 7.89. The molecule has 2 aromatic rings. The molecule has 0 saturated heterocycles. The number of alkyl halides is 3. The second kappa shape index (κ2) is 8.85. The molecule has 2 aromatic carbocycles. The highest BCUT2D eigenvalue weighted by Crippen LogP contribution is 2.36. The maximum Gasteiger partial charge on any atom is 0.418 e. The van der Waals surface area contributed by atoms with E-state index >= 15 is 0 Å². The Morgan fingerprint density at radius 1 is 1.13 bits per heavy atom. The van der Waals surface area contributed by atoms with Gasteiger partial charge in [-0.1, -0.05) is 17.7 Å².